The van der Waals surface area contributed by atoms with E-state index in [9.17, 15) is 9.59 Å². The lowest BCUT2D eigenvalue weighted by molar-refractivity contribution is -0.150. The molecule has 1 heterocycles. The van der Waals surface area contributed by atoms with Crippen molar-refractivity contribution in [1.29, 1.82) is 0 Å². The summed E-state index contributed by atoms with van der Waals surface area (Å²) in [6.07, 6.45) is 4.53. The average Bonchev–Trinajstić information content (AvgIpc) is 2.83. The van der Waals surface area contributed by atoms with Gasteiger partial charge >= 0.3 is 0 Å². The quantitative estimate of drug-likeness (QED) is 0.858. The predicted octanol–water partition coefficient (Wildman–Crippen LogP) is 2.18. The van der Waals surface area contributed by atoms with Crippen molar-refractivity contribution in [2.24, 2.45) is 17.8 Å². The van der Waals surface area contributed by atoms with Gasteiger partial charge < -0.3 is 10.2 Å². The Kier molecular flexibility index (Phi) is 4.71. The summed E-state index contributed by atoms with van der Waals surface area (Å²) in [7, 11) is 0. The van der Waals surface area contributed by atoms with Gasteiger partial charge in [0.2, 0.25) is 11.8 Å². The van der Waals surface area contributed by atoms with Gasteiger partial charge in [0.1, 0.15) is 12.1 Å². The molecule has 4 nitrogen and oxygen atoms in total. The first-order valence-electron chi connectivity index (χ1n) is 8.04. The number of carbonyl (C=O) groups excluding carboxylic acids is 2. The van der Waals surface area contributed by atoms with Gasteiger partial charge in [-0.3, -0.25) is 9.59 Å². The summed E-state index contributed by atoms with van der Waals surface area (Å²) in [5, 5.41) is 2.90. The minimum absolute atomic E-state index is 0.000875. The van der Waals surface area contributed by atoms with Crippen molar-refractivity contribution in [3.63, 3.8) is 0 Å². The maximum atomic E-state index is 12.7. The molecule has 2 amide bonds. The fourth-order valence-corrected chi connectivity index (χ4v) is 3.49. The molecule has 5 atom stereocenters. The van der Waals surface area contributed by atoms with E-state index in [0.717, 1.165) is 18.9 Å². The van der Waals surface area contributed by atoms with Crippen LogP contribution in [0.15, 0.2) is 0 Å². The highest BCUT2D eigenvalue weighted by Crippen LogP contribution is 2.32. The molecule has 2 fully saturated rings. The topological polar surface area (TPSA) is 49.4 Å². The van der Waals surface area contributed by atoms with Crippen LogP contribution in [-0.4, -0.2) is 35.3 Å². The first-order valence-corrected chi connectivity index (χ1v) is 8.04. The fourth-order valence-electron chi connectivity index (χ4n) is 3.49. The lowest BCUT2D eigenvalue weighted by atomic mass is 9.93. The van der Waals surface area contributed by atoms with Crippen molar-refractivity contribution >= 4 is 11.8 Å². The molecule has 1 saturated heterocycles. The van der Waals surface area contributed by atoms with Crippen LogP contribution in [0.1, 0.15) is 53.4 Å². The van der Waals surface area contributed by atoms with Crippen molar-refractivity contribution in [2.75, 3.05) is 6.54 Å². The summed E-state index contributed by atoms with van der Waals surface area (Å²) in [6, 6.07) is -0.652. The molecule has 0 radical (unpaired) electrons. The van der Waals surface area contributed by atoms with Crippen molar-refractivity contribution in [1.82, 2.24) is 10.2 Å². The van der Waals surface area contributed by atoms with E-state index < -0.39 is 0 Å². The second-order valence-corrected chi connectivity index (χ2v) is 6.82. The Morgan fingerprint density at radius 2 is 2.00 bits per heavy atom. The zero-order valence-corrected chi connectivity index (χ0v) is 13.2. The zero-order chi connectivity index (χ0) is 14.9. The van der Waals surface area contributed by atoms with Gasteiger partial charge in [-0.2, -0.15) is 0 Å². The van der Waals surface area contributed by atoms with Crippen LogP contribution < -0.4 is 5.32 Å². The number of rotatable bonds is 4. The van der Waals surface area contributed by atoms with Crippen LogP contribution in [0.4, 0.5) is 0 Å². The van der Waals surface area contributed by atoms with Crippen molar-refractivity contribution in [2.45, 2.75) is 65.5 Å². The predicted molar refractivity (Wildman–Crippen MR) is 79.1 cm³/mol. The molecule has 2 rings (SSSR count). The molecule has 0 spiro atoms. The number of piperazine rings is 1. The summed E-state index contributed by atoms with van der Waals surface area (Å²) in [5.41, 5.74) is 0. The van der Waals surface area contributed by atoms with Crippen LogP contribution in [0, 0.1) is 17.8 Å². The molecular formula is C16H28N2O2. The largest absolute Gasteiger partial charge is 0.342 e. The van der Waals surface area contributed by atoms with Gasteiger partial charge in [0.15, 0.2) is 0 Å². The second-order valence-electron chi connectivity index (χ2n) is 6.82. The van der Waals surface area contributed by atoms with E-state index in [-0.39, 0.29) is 29.8 Å². The van der Waals surface area contributed by atoms with E-state index in [2.05, 4.69) is 19.2 Å². The number of amides is 2. The van der Waals surface area contributed by atoms with E-state index in [0.29, 0.717) is 5.92 Å². The summed E-state index contributed by atoms with van der Waals surface area (Å²) in [5.74, 6) is 1.64. The number of hydrogen-bond acceptors (Lipinski definition) is 2. The minimum atomic E-state index is -0.331. The molecule has 1 saturated carbocycles. The third kappa shape index (κ3) is 2.99. The first-order chi connectivity index (χ1) is 9.43. The lowest BCUT2D eigenvalue weighted by Crippen LogP contribution is -2.64. The molecular weight excluding hydrogens is 252 g/mol. The van der Waals surface area contributed by atoms with Gasteiger partial charge in [-0.1, -0.05) is 33.6 Å². The Labute approximate surface area is 122 Å². The lowest BCUT2D eigenvalue weighted by Gasteiger charge is -2.40. The van der Waals surface area contributed by atoms with Crippen molar-refractivity contribution in [3.8, 4) is 0 Å². The molecule has 0 aromatic rings. The molecule has 0 aromatic heterocycles. The molecule has 20 heavy (non-hydrogen) atoms. The average molecular weight is 280 g/mol. The van der Waals surface area contributed by atoms with E-state index in [1.165, 1.54) is 19.3 Å². The van der Waals surface area contributed by atoms with E-state index in [4.69, 9.17) is 0 Å². The van der Waals surface area contributed by atoms with Crippen LogP contribution in [0.3, 0.4) is 0 Å². The van der Waals surface area contributed by atoms with Crippen LogP contribution in [0.25, 0.3) is 0 Å². The molecule has 2 aliphatic rings. The van der Waals surface area contributed by atoms with Gasteiger partial charge in [0.25, 0.3) is 0 Å². The number of nitrogens with zero attached hydrogens (tertiary/aromatic N) is 1. The highest BCUT2D eigenvalue weighted by molar-refractivity contribution is 5.96. The zero-order valence-electron chi connectivity index (χ0n) is 13.2. The molecule has 5 unspecified atom stereocenters. The Bertz CT molecular complexity index is 383. The van der Waals surface area contributed by atoms with Crippen LogP contribution in [0.2, 0.25) is 0 Å². The molecule has 1 aliphatic heterocycles. The van der Waals surface area contributed by atoms with Gasteiger partial charge in [0.05, 0.1) is 0 Å². The SMILES string of the molecule is CCC(C)C1NC(=O)C(C)N(CC2CCC(C)C2)C1=O. The molecule has 1 N–H and O–H groups in total. The standard InChI is InChI=1S/C16H28N2O2/c1-5-11(3)14-16(20)18(12(4)15(19)17-14)9-13-7-6-10(2)8-13/h10-14H,5-9H2,1-4H3,(H,17,19). The molecule has 1 aliphatic carbocycles. The van der Waals surface area contributed by atoms with Crippen LogP contribution in [-0.2, 0) is 9.59 Å². The molecule has 4 heteroatoms. The van der Waals surface area contributed by atoms with Gasteiger partial charge in [-0.15, -0.1) is 0 Å². The van der Waals surface area contributed by atoms with Gasteiger partial charge in [-0.25, -0.2) is 0 Å². The fraction of sp³-hybridized carbons (Fsp3) is 0.875. The van der Waals surface area contributed by atoms with E-state index >= 15 is 0 Å². The normalized spacial score (nSPS) is 36.1. The Morgan fingerprint density at radius 3 is 2.55 bits per heavy atom. The Hall–Kier alpha value is -1.06. The maximum absolute atomic E-state index is 12.7. The molecule has 0 bridgehead atoms. The van der Waals surface area contributed by atoms with Crippen molar-refractivity contribution < 1.29 is 9.59 Å². The Balaban J connectivity index is 2.07. The third-order valence-corrected chi connectivity index (χ3v) is 5.17. The number of carbonyl (C=O) groups is 2. The minimum Gasteiger partial charge on any atom is -0.342 e. The van der Waals surface area contributed by atoms with E-state index in [1.807, 2.05) is 18.7 Å². The van der Waals surface area contributed by atoms with Gasteiger partial charge in [-0.05, 0) is 37.5 Å². The molecule has 114 valence electrons. The Morgan fingerprint density at radius 1 is 1.30 bits per heavy atom. The third-order valence-electron chi connectivity index (χ3n) is 5.17. The number of nitrogens with one attached hydrogen (secondary N) is 1. The summed E-state index contributed by atoms with van der Waals surface area (Å²) in [6.45, 7) is 8.97. The summed E-state index contributed by atoms with van der Waals surface area (Å²) < 4.78 is 0. The summed E-state index contributed by atoms with van der Waals surface area (Å²) >= 11 is 0. The smallest absolute Gasteiger partial charge is 0.246 e. The first kappa shape index (κ1) is 15.3. The van der Waals surface area contributed by atoms with Crippen LogP contribution >= 0.6 is 0 Å². The summed E-state index contributed by atoms with van der Waals surface area (Å²) in [4.78, 5) is 26.6. The van der Waals surface area contributed by atoms with Gasteiger partial charge in [0, 0.05) is 6.54 Å². The molecule has 0 aromatic carbocycles. The maximum Gasteiger partial charge on any atom is 0.246 e. The highest BCUT2D eigenvalue weighted by Gasteiger charge is 2.41. The van der Waals surface area contributed by atoms with Crippen molar-refractivity contribution in [3.05, 3.63) is 0 Å². The second kappa shape index (κ2) is 6.15. The highest BCUT2D eigenvalue weighted by atomic mass is 16.2. The van der Waals surface area contributed by atoms with E-state index in [1.54, 1.807) is 0 Å². The number of hydrogen-bond donors (Lipinski definition) is 1. The monoisotopic (exact) mass is 280 g/mol. The van der Waals surface area contributed by atoms with Crippen LogP contribution in [0.5, 0.6) is 0 Å².